The molecule has 1 aliphatic rings. The summed E-state index contributed by atoms with van der Waals surface area (Å²) in [5, 5.41) is 5.08. The van der Waals surface area contributed by atoms with Crippen LogP contribution in [0, 0.1) is 0 Å². The monoisotopic (exact) mass is 347 g/mol. The molecule has 24 heavy (non-hydrogen) atoms. The lowest BCUT2D eigenvalue weighted by molar-refractivity contribution is -0.939. The van der Waals surface area contributed by atoms with Crippen molar-refractivity contribution in [3.8, 4) is 5.75 Å². The van der Waals surface area contributed by atoms with E-state index in [9.17, 15) is 4.79 Å². The molecule has 128 valence electrons. The number of amides is 1. The molecule has 1 fully saturated rings. The van der Waals surface area contributed by atoms with Gasteiger partial charge in [0.15, 0.2) is 0 Å². The fourth-order valence-electron chi connectivity index (χ4n) is 3.11. The van der Waals surface area contributed by atoms with Gasteiger partial charge in [-0.1, -0.05) is 24.3 Å². The van der Waals surface area contributed by atoms with Gasteiger partial charge in [0.25, 0.3) is 0 Å². The largest absolute Gasteiger partial charge is 0.413 e. The lowest BCUT2D eigenvalue weighted by Crippen LogP contribution is -3.15. The normalized spacial score (nSPS) is 17.9. The van der Waals surface area contributed by atoms with E-state index in [2.05, 4.69) is 22.8 Å². The van der Waals surface area contributed by atoms with Crippen LogP contribution in [0.15, 0.2) is 47.8 Å². The predicted molar refractivity (Wildman–Crippen MR) is 93.6 cm³/mol. The Bertz CT molecular complexity index is 627. The number of rotatable bonds is 5. The van der Waals surface area contributed by atoms with E-state index < -0.39 is 6.09 Å². The Hall–Kier alpha value is -1.89. The molecule has 0 bridgehead atoms. The second-order valence-corrected chi connectivity index (χ2v) is 6.88. The second kappa shape index (κ2) is 8.28. The maximum atomic E-state index is 12.2. The smallest absolute Gasteiger partial charge is 0.410 e. The van der Waals surface area contributed by atoms with E-state index in [0.717, 1.165) is 26.3 Å². The van der Waals surface area contributed by atoms with Crippen LogP contribution in [0.25, 0.3) is 0 Å². The highest BCUT2D eigenvalue weighted by molar-refractivity contribution is 7.10. The van der Waals surface area contributed by atoms with Gasteiger partial charge in [-0.25, -0.2) is 4.79 Å². The summed E-state index contributed by atoms with van der Waals surface area (Å²) in [5.41, 5.74) is 0. The Balaban J connectivity index is 1.66. The van der Waals surface area contributed by atoms with Gasteiger partial charge in [-0.2, -0.15) is 0 Å². The van der Waals surface area contributed by atoms with Gasteiger partial charge >= 0.3 is 6.09 Å². The summed E-state index contributed by atoms with van der Waals surface area (Å²) in [7, 11) is 0. The fourth-order valence-corrected chi connectivity index (χ4v) is 4.10. The van der Waals surface area contributed by atoms with Crippen LogP contribution < -0.4 is 15.0 Å². The molecule has 2 aromatic rings. The maximum Gasteiger partial charge on any atom is 0.413 e. The SMILES string of the molecule is CC(NC(=O)Oc1ccccc1)C(c1cccs1)[NH+]1CCOCC1. The number of benzene rings is 1. The van der Waals surface area contributed by atoms with E-state index in [1.54, 1.807) is 23.5 Å². The minimum absolute atomic E-state index is 0.0343. The van der Waals surface area contributed by atoms with Gasteiger partial charge in [0, 0.05) is 0 Å². The number of nitrogens with one attached hydrogen (secondary N) is 2. The highest BCUT2D eigenvalue weighted by Gasteiger charge is 2.33. The molecule has 0 radical (unpaired) electrons. The van der Waals surface area contributed by atoms with Crippen LogP contribution in [0.5, 0.6) is 5.75 Å². The molecule has 2 unspecified atom stereocenters. The van der Waals surface area contributed by atoms with Crippen molar-refractivity contribution < 1.29 is 19.2 Å². The Morgan fingerprint density at radius 3 is 2.62 bits per heavy atom. The first kappa shape index (κ1) is 17.0. The summed E-state index contributed by atoms with van der Waals surface area (Å²) in [5.74, 6) is 0.550. The summed E-state index contributed by atoms with van der Waals surface area (Å²) in [4.78, 5) is 14.9. The lowest BCUT2D eigenvalue weighted by atomic mass is 10.1. The molecule has 2 N–H and O–H groups in total. The van der Waals surface area contributed by atoms with E-state index in [4.69, 9.17) is 9.47 Å². The van der Waals surface area contributed by atoms with Crippen molar-refractivity contribution in [3.05, 3.63) is 52.7 Å². The van der Waals surface area contributed by atoms with Crippen LogP contribution >= 0.6 is 11.3 Å². The van der Waals surface area contributed by atoms with Crippen molar-refractivity contribution in [2.24, 2.45) is 0 Å². The number of para-hydroxylation sites is 1. The van der Waals surface area contributed by atoms with E-state index in [1.165, 1.54) is 9.78 Å². The zero-order valence-corrected chi connectivity index (χ0v) is 14.6. The van der Waals surface area contributed by atoms with E-state index >= 15 is 0 Å². The number of hydrogen-bond donors (Lipinski definition) is 2. The number of morpholine rings is 1. The summed E-state index contributed by atoms with van der Waals surface area (Å²) >= 11 is 1.73. The number of carbonyl (C=O) groups excluding carboxylic acids is 1. The molecule has 0 saturated carbocycles. The maximum absolute atomic E-state index is 12.2. The number of carbonyl (C=O) groups is 1. The molecule has 1 aromatic carbocycles. The predicted octanol–water partition coefficient (Wildman–Crippen LogP) is 1.88. The molecule has 1 aromatic heterocycles. The Morgan fingerprint density at radius 1 is 1.21 bits per heavy atom. The van der Waals surface area contributed by atoms with Crippen molar-refractivity contribution in [3.63, 3.8) is 0 Å². The van der Waals surface area contributed by atoms with Gasteiger partial charge in [-0.15, -0.1) is 11.3 Å². The topological polar surface area (TPSA) is 52.0 Å². The number of quaternary nitrogens is 1. The van der Waals surface area contributed by atoms with Crippen LogP contribution in [0.4, 0.5) is 4.79 Å². The van der Waals surface area contributed by atoms with Crippen LogP contribution in [0.3, 0.4) is 0 Å². The first-order chi connectivity index (χ1) is 11.7. The zero-order valence-electron chi connectivity index (χ0n) is 13.7. The van der Waals surface area contributed by atoms with Gasteiger partial charge < -0.3 is 19.7 Å². The molecule has 2 atom stereocenters. The minimum Gasteiger partial charge on any atom is -0.410 e. The van der Waals surface area contributed by atoms with Crippen molar-refractivity contribution >= 4 is 17.4 Å². The molecule has 0 spiro atoms. The molecule has 5 nitrogen and oxygen atoms in total. The molecule has 3 rings (SSSR count). The summed E-state index contributed by atoms with van der Waals surface area (Å²) in [6.07, 6.45) is -0.414. The zero-order chi connectivity index (χ0) is 16.8. The quantitative estimate of drug-likeness (QED) is 0.868. The third-order valence-electron chi connectivity index (χ3n) is 4.22. The molecule has 0 aliphatic carbocycles. The van der Waals surface area contributed by atoms with Crippen LogP contribution in [-0.4, -0.2) is 38.4 Å². The Labute approximate surface area is 146 Å². The molecular formula is C18H23N2O3S+. The Kier molecular flexibility index (Phi) is 5.85. The van der Waals surface area contributed by atoms with Gasteiger partial charge in [0.05, 0.1) is 24.1 Å². The molecule has 1 aliphatic heterocycles. The highest BCUT2D eigenvalue weighted by Crippen LogP contribution is 2.20. The van der Waals surface area contributed by atoms with Crippen LogP contribution in [-0.2, 0) is 4.74 Å². The summed E-state index contributed by atoms with van der Waals surface area (Å²) in [6, 6.07) is 13.5. The average molecular weight is 347 g/mol. The standard InChI is InChI=1S/C18H22N2O3S/c1-14(19-18(21)23-15-6-3-2-4-7-15)17(16-8-5-13-24-16)20-9-11-22-12-10-20/h2-8,13-14,17H,9-12H2,1H3,(H,19,21)/p+1. The highest BCUT2D eigenvalue weighted by atomic mass is 32.1. The van der Waals surface area contributed by atoms with Gasteiger partial charge in [0.1, 0.15) is 24.9 Å². The first-order valence-corrected chi connectivity index (χ1v) is 9.11. The van der Waals surface area contributed by atoms with Gasteiger partial charge in [0.2, 0.25) is 0 Å². The molecule has 1 saturated heterocycles. The minimum atomic E-state index is -0.414. The van der Waals surface area contributed by atoms with Crippen molar-refractivity contribution in [2.45, 2.75) is 19.0 Å². The Morgan fingerprint density at radius 2 is 1.96 bits per heavy atom. The first-order valence-electron chi connectivity index (χ1n) is 8.23. The second-order valence-electron chi connectivity index (χ2n) is 5.90. The molecule has 1 amide bonds. The van der Waals surface area contributed by atoms with E-state index in [1.807, 2.05) is 25.1 Å². The summed E-state index contributed by atoms with van der Waals surface area (Å²) in [6.45, 7) is 5.46. The average Bonchev–Trinajstić information content (AvgIpc) is 3.11. The van der Waals surface area contributed by atoms with Crippen molar-refractivity contribution in [1.29, 1.82) is 0 Å². The van der Waals surface area contributed by atoms with Crippen LogP contribution in [0.2, 0.25) is 0 Å². The van der Waals surface area contributed by atoms with Crippen LogP contribution in [0.1, 0.15) is 17.8 Å². The van der Waals surface area contributed by atoms with E-state index in [-0.39, 0.29) is 12.1 Å². The molecular weight excluding hydrogens is 324 g/mol. The van der Waals surface area contributed by atoms with E-state index in [0.29, 0.717) is 5.75 Å². The van der Waals surface area contributed by atoms with Gasteiger partial charge in [-0.05, 0) is 30.5 Å². The lowest BCUT2D eigenvalue weighted by Gasteiger charge is -2.34. The summed E-state index contributed by atoms with van der Waals surface area (Å²) < 4.78 is 10.8. The number of ether oxygens (including phenoxy) is 2. The molecule has 2 heterocycles. The van der Waals surface area contributed by atoms with Crippen molar-refractivity contribution in [1.82, 2.24) is 5.32 Å². The molecule has 6 heteroatoms. The third kappa shape index (κ3) is 4.35. The van der Waals surface area contributed by atoms with Crippen molar-refractivity contribution in [2.75, 3.05) is 26.3 Å². The number of thiophene rings is 1. The third-order valence-corrected chi connectivity index (χ3v) is 5.18. The number of hydrogen-bond acceptors (Lipinski definition) is 4. The fraction of sp³-hybridized carbons (Fsp3) is 0.389. The van der Waals surface area contributed by atoms with Gasteiger partial charge in [-0.3, -0.25) is 0 Å².